The van der Waals surface area contributed by atoms with Crippen molar-refractivity contribution in [3.8, 4) is 5.75 Å². The zero-order valence-corrected chi connectivity index (χ0v) is 13.7. The van der Waals surface area contributed by atoms with Gasteiger partial charge in [0.25, 0.3) is 5.91 Å². The summed E-state index contributed by atoms with van der Waals surface area (Å²) >= 11 is 0. The zero-order valence-electron chi connectivity index (χ0n) is 13.7. The minimum Gasteiger partial charge on any atom is -0.481 e. The summed E-state index contributed by atoms with van der Waals surface area (Å²) in [6, 6.07) is 23.9. The summed E-state index contributed by atoms with van der Waals surface area (Å²) in [7, 11) is 0. The van der Waals surface area contributed by atoms with Gasteiger partial charge in [0.05, 0.1) is 0 Å². The van der Waals surface area contributed by atoms with Crippen molar-refractivity contribution < 1.29 is 9.53 Å². The van der Waals surface area contributed by atoms with Crippen LogP contribution in [-0.4, -0.2) is 12.0 Å². The molecule has 0 aliphatic rings. The van der Waals surface area contributed by atoms with Gasteiger partial charge in [0.15, 0.2) is 6.10 Å². The van der Waals surface area contributed by atoms with Crippen LogP contribution in [0.15, 0.2) is 72.8 Å². The molecule has 0 spiro atoms. The van der Waals surface area contributed by atoms with Crippen LogP contribution in [-0.2, 0) is 11.3 Å². The standard InChI is InChI=1S/C21H21NO2/c1-2-20(21(23)22-15-16-8-4-3-5-9-16)24-19-13-12-17-10-6-7-11-18(17)14-19/h3-14,20H,2,15H2,1H3,(H,22,23)/t20-/m0/s1. The summed E-state index contributed by atoms with van der Waals surface area (Å²) < 4.78 is 5.91. The molecular weight excluding hydrogens is 298 g/mol. The SMILES string of the molecule is CC[C@H](Oc1ccc2ccccc2c1)C(=O)NCc1ccccc1. The Bertz CT molecular complexity index is 814. The molecule has 3 heteroatoms. The van der Waals surface area contributed by atoms with E-state index in [1.165, 1.54) is 0 Å². The number of hydrogen-bond donors (Lipinski definition) is 1. The van der Waals surface area contributed by atoms with Crippen LogP contribution >= 0.6 is 0 Å². The number of hydrogen-bond acceptors (Lipinski definition) is 2. The van der Waals surface area contributed by atoms with Crippen LogP contribution in [0.4, 0.5) is 0 Å². The van der Waals surface area contributed by atoms with E-state index in [-0.39, 0.29) is 5.91 Å². The molecule has 3 rings (SSSR count). The van der Waals surface area contributed by atoms with Gasteiger partial charge in [-0.25, -0.2) is 0 Å². The Kier molecular flexibility index (Phi) is 5.12. The maximum atomic E-state index is 12.4. The number of benzene rings is 3. The third-order valence-electron chi connectivity index (χ3n) is 3.97. The van der Waals surface area contributed by atoms with Gasteiger partial charge in [0.2, 0.25) is 0 Å². The van der Waals surface area contributed by atoms with Gasteiger partial charge in [-0.1, -0.05) is 67.6 Å². The Balaban J connectivity index is 1.65. The fraction of sp³-hybridized carbons (Fsp3) is 0.190. The molecule has 0 aliphatic carbocycles. The lowest BCUT2D eigenvalue weighted by Gasteiger charge is -2.17. The lowest BCUT2D eigenvalue weighted by atomic mass is 10.1. The molecular formula is C21H21NO2. The average molecular weight is 319 g/mol. The van der Waals surface area contributed by atoms with E-state index in [0.29, 0.717) is 13.0 Å². The van der Waals surface area contributed by atoms with Crippen molar-refractivity contribution in [1.29, 1.82) is 0 Å². The van der Waals surface area contributed by atoms with Crippen LogP contribution in [0.1, 0.15) is 18.9 Å². The van der Waals surface area contributed by atoms with E-state index >= 15 is 0 Å². The van der Waals surface area contributed by atoms with E-state index in [0.717, 1.165) is 22.1 Å². The van der Waals surface area contributed by atoms with E-state index in [1.54, 1.807) is 0 Å². The molecule has 0 aliphatic heterocycles. The van der Waals surface area contributed by atoms with Crippen LogP contribution < -0.4 is 10.1 Å². The lowest BCUT2D eigenvalue weighted by Crippen LogP contribution is -2.37. The van der Waals surface area contributed by atoms with Crippen molar-refractivity contribution in [1.82, 2.24) is 5.32 Å². The maximum Gasteiger partial charge on any atom is 0.261 e. The van der Waals surface area contributed by atoms with Gasteiger partial charge in [0.1, 0.15) is 5.75 Å². The lowest BCUT2D eigenvalue weighted by molar-refractivity contribution is -0.128. The van der Waals surface area contributed by atoms with Gasteiger partial charge < -0.3 is 10.1 Å². The van der Waals surface area contributed by atoms with E-state index < -0.39 is 6.10 Å². The average Bonchev–Trinajstić information content (AvgIpc) is 2.65. The number of carbonyl (C=O) groups excluding carboxylic acids is 1. The van der Waals surface area contributed by atoms with Crippen molar-refractivity contribution in [3.63, 3.8) is 0 Å². The molecule has 0 heterocycles. The van der Waals surface area contributed by atoms with Gasteiger partial charge >= 0.3 is 0 Å². The summed E-state index contributed by atoms with van der Waals surface area (Å²) in [5.74, 6) is 0.630. The highest BCUT2D eigenvalue weighted by molar-refractivity contribution is 5.84. The molecule has 0 saturated heterocycles. The smallest absolute Gasteiger partial charge is 0.261 e. The second-order valence-electron chi connectivity index (χ2n) is 5.73. The quantitative estimate of drug-likeness (QED) is 0.735. The molecule has 3 aromatic rings. The molecule has 24 heavy (non-hydrogen) atoms. The normalized spacial score (nSPS) is 11.9. The predicted molar refractivity (Wildman–Crippen MR) is 96.9 cm³/mol. The Labute approximate surface area is 142 Å². The van der Waals surface area contributed by atoms with Crippen LogP contribution in [0.2, 0.25) is 0 Å². The second kappa shape index (κ2) is 7.64. The first-order valence-corrected chi connectivity index (χ1v) is 8.23. The van der Waals surface area contributed by atoms with Gasteiger partial charge in [-0.3, -0.25) is 4.79 Å². The number of amides is 1. The first kappa shape index (κ1) is 16.1. The minimum atomic E-state index is -0.491. The molecule has 1 N–H and O–H groups in total. The highest BCUT2D eigenvalue weighted by Gasteiger charge is 2.18. The van der Waals surface area contributed by atoms with E-state index in [2.05, 4.69) is 11.4 Å². The minimum absolute atomic E-state index is 0.0884. The van der Waals surface area contributed by atoms with E-state index in [1.807, 2.05) is 73.7 Å². The van der Waals surface area contributed by atoms with Crippen molar-refractivity contribution in [2.45, 2.75) is 26.0 Å². The van der Waals surface area contributed by atoms with Gasteiger partial charge in [-0.05, 0) is 34.9 Å². The van der Waals surface area contributed by atoms with Crippen LogP contribution in [0.3, 0.4) is 0 Å². The second-order valence-corrected chi connectivity index (χ2v) is 5.73. The number of fused-ring (bicyclic) bond motifs is 1. The molecule has 122 valence electrons. The van der Waals surface area contributed by atoms with E-state index in [4.69, 9.17) is 4.74 Å². The largest absolute Gasteiger partial charge is 0.481 e. The fourth-order valence-electron chi connectivity index (χ4n) is 2.63. The number of carbonyl (C=O) groups is 1. The zero-order chi connectivity index (χ0) is 16.8. The van der Waals surface area contributed by atoms with Crippen molar-refractivity contribution in [2.24, 2.45) is 0 Å². The molecule has 0 aromatic heterocycles. The van der Waals surface area contributed by atoms with Crippen molar-refractivity contribution in [3.05, 3.63) is 78.4 Å². The van der Waals surface area contributed by atoms with Gasteiger partial charge in [-0.15, -0.1) is 0 Å². The number of rotatable bonds is 6. The van der Waals surface area contributed by atoms with Crippen LogP contribution in [0.25, 0.3) is 10.8 Å². The Morgan fingerprint density at radius 3 is 2.42 bits per heavy atom. The molecule has 0 unspecified atom stereocenters. The van der Waals surface area contributed by atoms with Crippen LogP contribution in [0, 0.1) is 0 Å². The van der Waals surface area contributed by atoms with E-state index in [9.17, 15) is 4.79 Å². The van der Waals surface area contributed by atoms with Crippen LogP contribution in [0.5, 0.6) is 5.75 Å². The summed E-state index contributed by atoms with van der Waals surface area (Å²) in [5, 5.41) is 5.21. The molecule has 0 radical (unpaired) electrons. The number of nitrogens with one attached hydrogen (secondary N) is 1. The monoisotopic (exact) mass is 319 g/mol. The molecule has 3 nitrogen and oxygen atoms in total. The molecule has 3 aromatic carbocycles. The van der Waals surface area contributed by atoms with Crippen molar-refractivity contribution >= 4 is 16.7 Å². The first-order chi connectivity index (χ1) is 11.8. The molecule has 1 atom stereocenters. The highest BCUT2D eigenvalue weighted by atomic mass is 16.5. The van der Waals surface area contributed by atoms with Gasteiger partial charge in [0, 0.05) is 6.54 Å². The molecule has 1 amide bonds. The fourth-order valence-corrected chi connectivity index (χ4v) is 2.63. The topological polar surface area (TPSA) is 38.3 Å². The first-order valence-electron chi connectivity index (χ1n) is 8.23. The molecule has 0 fully saturated rings. The molecule has 0 saturated carbocycles. The summed E-state index contributed by atoms with van der Waals surface area (Å²) in [6.45, 7) is 2.46. The molecule has 0 bridgehead atoms. The Hall–Kier alpha value is -2.81. The number of ether oxygens (including phenoxy) is 1. The summed E-state index contributed by atoms with van der Waals surface area (Å²) in [5.41, 5.74) is 1.08. The predicted octanol–water partition coefficient (Wildman–Crippen LogP) is 4.31. The summed E-state index contributed by atoms with van der Waals surface area (Å²) in [4.78, 5) is 12.4. The summed E-state index contributed by atoms with van der Waals surface area (Å²) in [6.07, 6.45) is 0.128. The highest BCUT2D eigenvalue weighted by Crippen LogP contribution is 2.22. The maximum absolute atomic E-state index is 12.4. The third-order valence-corrected chi connectivity index (χ3v) is 3.97. The third kappa shape index (κ3) is 3.93. The Morgan fingerprint density at radius 1 is 0.958 bits per heavy atom. The van der Waals surface area contributed by atoms with Crippen molar-refractivity contribution in [2.75, 3.05) is 0 Å². The Morgan fingerprint density at radius 2 is 1.67 bits per heavy atom. The van der Waals surface area contributed by atoms with Gasteiger partial charge in [-0.2, -0.15) is 0 Å².